The molecular weight excluding hydrogens is 342 g/mol. The second-order valence-corrected chi connectivity index (χ2v) is 6.65. The molecule has 0 radical (unpaired) electrons. The topological polar surface area (TPSA) is 56.8 Å². The molecule has 0 aliphatic heterocycles. The van der Waals surface area contributed by atoms with Crippen molar-refractivity contribution in [2.24, 2.45) is 0 Å². The second-order valence-electron chi connectivity index (χ2n) is 6.65. The van der Waals surface area contributed by atoms with Crippen LogP contribution in [0.5, 0.6) is 17.2 Å². The first kappa shape index (κ1) is 20.6. The average molecular weight is 371 g/mol. The minimum Gasteiger partial charge on any atom is -0.497 e. The van der Waals surface area contributed by atoms with Crippen LogP contribution in [0.3, 0.4) is 0 Å². The molecule has 0 saturated carbocycles. The Kier molecular flexibility index (Phi) is 7.99. The predicted molar refractivity (Wildman–Crippen MR) is 107 cm³/mol. The van der Waals surface area contributed by atoms with Crippen molar-refractivity contribution in [2.45, 2.75) is 45.8 Å². The number of aryl methyl sites for hydroxylation is 1. The van der Waals surface area contributed by atoms with E-state index in [4.69, 9.17) is 14.2 Å². The summed E-state index contributed by atoms with van der Waals surface area (Å²) in [7, 11) is 1.60. The fraction of sp³-hybridized carbons (Fsp3) is 0.409. The van der Waals surface area contributed by atoms with Gasteiger partial charge in [-0.1, -0.05) is 18.2 Å². The molecule has 0 heterocycles. The Labute approximate surface area is 161 Å². The first-order chi connectivity index (χ1) is 13.0. The SMILES string of the molecule is COc1cccc(OC(C)C(=O)NCCCc2cccc(OC(C)C)c2)c1. The van der Waals surface area contributed by atoms with Gasteiger partial charge >= 0.3 is 0 Å². The van der Waals surface area contributed by atoms with Crippen LogP contribution < -0.4 is 19.5 Å². The fourth-order valence-corrected chi connectivity index (χ4v) is 2.63. The van der Waals surface area contributed by atoms with Gasteiger partial charge < -0.3 is 19.5 Å². The standard InChI is InChI=1S/C22H29NO4/c1-16(2)26-20-11-5-8-18(14-20)9-7-13-23-22(24)17(3)27-21-12-6-10-19(15-21)25-4/h5-6,8,10-12,14-17H,7,9,13H2,1-4H3,(H,23,24). The molecule has 5 nitrogen and oxygen atoms in total. The molecule has 1 atom stereocenters. The Morgan fingerprint density at radius 2 is 1.63 bits per heavy atom. The van der Waals surface area contributed by atoms with Gasteiger partial charge in [0, 0.05) is 12.6 Å². The molecule has 0 aromatic heterocycles. The molecule has 2 aromatic rings. The van der Waals surface area contributed by atoms with E-state index in [1.54, 1.807) is 26.2 Å². The van der Waals surface area contributed by atoms with Crippen molar-refractivity contribution in [1.82, 2.24) is 5.32 Å². The van der Waals surface area contributed by atoms with Crippen LogP contribution in [0.1, 0.15) is 32.8 Å². The summed E-state index contributed by atoms with van der Waals surface area (Å²) in [5, 5.41) is 2.92. The number of benzene rings is 2. The normalized spacial score (nSPS) is 11.7. The third-order valence-electron chi connectivity index (χ3n) is 3.93. The minimum atomic E-state index is -0.570. The highest BCUT2D eigenvalue weighted by molar-refractivity contribution is 5.80. The molecule has 2 aromatic carbocycles. The molecule has 0 fully saturated rings. The smallest absolute Gasteiger partial charge is 0.260 e. The van der Waals surface area contributed by atoms with Crippen molar-refractivity contribution in [3.8, 4) is 17.2 Å². The van der Waals surface area contributed by atoms with E-state index in [-0.39, 0.29) is 12.0 Å². The summed E-state index contributed by atoms with van der Waals surface area (Å²) < 4.78 is 16.5. The summed E-state index contributed by atoms with van der Waals surface area (Å²) in [6.45, 7) is 6.36. The highest BCUT2D eigenvalue weighted by Crippen LogP contribution is 2.20. The molecule has 27 heavy (non-hydrogen) atoms. The average Bonchev–Trinajstić information content (AvgIpc) is 2.65. The number of amides is 1. The number of ether oxygens (including phenoxy) is 3. The van der Waals surface area contributed by atoms with Gasteiger partial charge in [-0.15, -0.1) is 0 Å². The van der Waals surface area contributed by atoms with Crippen LogP contribution in [0.4, 0.5) is 0 Å². The molecule has 0 aliphatic carbocycles. The van der Waals surface area contributed by atoms with Gasteiger partial charge in [0.1, 0.15) is 17.2 Å². The largest absolute Gasteiger partial charge is 0.497 e. The van der Waals surface area contributed by atoms with E-state index in [2.05, 4.69) is 17.4 Å². The van der Waals surface area contributed by atoms with Gasteiger partial charge in [0.05, 0.1) is 13.2 Å². The Morgan fingerprint density at radius 1 is 0.963 bits per heavy atom. The van der Waals surface area contributed by atoms with Crippen molar-refractivity contribution in [1.29, 1.82) is 0 Å². The van der Waals surface area contributed by atoms with Crippen molar-refractivity contribution in [3.63, 3.8) is 0 Å². The molecule has 0 spiro atoms. The first-order valence-corrected chi connectivity index (χ1v) is 9.32. The highest BCUT2D eigenvalue weighted by atomic mass is 16.5. The molecule has 146 valence electrons. The van der Waals surface area contributed by atoms with Crippen molar-refractivity contribution in [3.05, 3.63) is 54.1 Å². The van der Waals surface area contributed by atoms with Crippen LogP contribution in [0.15, 0.2) is 48.5 Å². The maximum Gasteiger partial charge on any atom is 0.260 e. The van der Waals surface area contributed by atoms with E-state index in [0.717, 1.165) is 18.6 Å². The summed E-state index contributed by atoms with van der Waals surface area (Å²) >= 11 is 0. The van der Waals surface area contributed by atoms with Crippen LogP contribution in [-0.2, 0) is 11.2 Å². The lowest BCUT2D eigenvalue weighted by Gasteiger charge is -2.15. The van der Waals surface area contributed by atoms with Gasteiger partial charge in [0.25, 0.3) is 5.91 Å². The van der Waals surface area contributed by atoms with Crippen LogP contribution in [0.25, 0.3) is 0 Å². The Bertz CT molecular complexity index is 730. The summed E-state index contributed by atoms with van der Waals surface area (Å²) in [5.74, 6) is 2.06. The molecule has 5 heteroatoms. The van der Waals surface area contributed by atoms with Gasteiger partial charge in [-0.05, 0) is 63.4 Å². The summed E-state index contributed by atoms with van der Waals surface area (Å²) in [4.78, 5) is 12.2. The number of rotatable bonds is 10. The first-order valence-electron chi connectivity index (χ1n) is 9.32. The summed E-state index contributed by atoms with van der Waals surface area (Å²) in [6.07, 6.45) is 1.31. The Balaban J connectivity index is 1.73. The maximum absolute atomic E-state index is 12.2. The van der Waals surface area contributed by atoms with Crippen LogP contribution in [0, 0.1) is 0 Å². The van der Waals surface area contributed by atoms with Gasteiger partial charge in [-0.2, -0.15) is 0 Å². The lowest BCUT2D eigenvalue weighted by Crippen LogP contribution is -2.36. The van der Waals surface area contributed by atoms with Gasteiger partial charge in [0.15, 0.2) is 6.10 Å². The van der Waals surface area contributed by atoms with Gasteiger partial charge in [-0.25, -0.2) is 0 Å². The molecule has 2 rings (SSSR count). The lowest BCUT2D eigenvalue weighted by molar-refractivity contribution is -0.127. The second kappa shape index (κ2) is 10.5. The lowest BCUT2D eigenvalue weighted by atomic mass is 10.1. The zero-order valence-electron chi connectivity index (χ0n) is 16.5. The monoisotopic (exact) mass is 371 g/mol. The molecular formula is C22H29NO4. The predicted octanol–water partition coefficient (Wildman–Crippen LogP) is 4.00. The third-order valence-corrected chi connectivity index (χ3v) is 3.93. The van der Waals surface area contributed by atoms with Crippen molar-refractivity contribution >= 4 is 5.91 Å². The Morgan fingerprint density at radius 3 is 2.33 bits per heavy atom. The molecule has 0 aliphatic rings. The highest BCUT2D eigenvalue weighted by Gasteiger charge is 2.14. The van der Waals surface area contributed by atoms with Gasteiger partial charge in [0.2, 0.25) is 0 Å². The number of nitrogens with one attached hydrogen (secondary N) is 1. The van der Waals surface area contributed by atoms with Crippen LogP contribution >= 0.6 is 0 Å². The number of carbonyl (C=O) groups excluding carboxylic acids is 1. The fourth-order valence-electron chi connectivity index (χ4n) is 2.63. The maximum atomic E-state index is 12.2. The zero-order chi connectivity index (χ0) is 19.6. The van der Waals surface area contributed by atoms with E-state index in [0.29, 0.717) is 18.0 Å². The van der Waals surface area contributed by atoms with E-state index in [1.165, 1.54) is 5.56 Å². The zero-order valence-corrected chi connectivity index (χ0v) is 16.5. The van der Waals surface area contributed by atoms with Crippen LogP contribution in [0.2, 0.25) is 0 Å². The van der Waals surface area contributed by atoms with Gasteiger partial charge in [-0.3, -0.25) is 4.79 Å². The molecule has 1 unspecified atom stereocenters. The number of methoxy groups -OCH3 is 1. The van der Waals surface area contributed by atoms with Crippen molar-refractivity contribution < 1.29 is 19.0 Å². The minimum absolute atomic E-state index is 0.130. The molecule has 0 saturated heterocycles. The third kappa shape index (κ3) is 7.21. The molecule has 1 amide bonds. The van der Waals surface area contributed by atoms with E-state index >= 15 is 0 Å². The van der Waals surface area contributed by atoms with Crippen molar-refractivity contribution in [2.75, 3.05) is 13.7 Å². The van der Waals surface area contributed by atoms with E-state index in [1.807, 2.05) is 38.1 Å². The van der Waals surface area contributed by atoms with Crippen LogP contribution in [-0.4, -0.2) is 31.8 Å². The number of hydrogen-bond acceptors (Lipinski definition) is 4. The van der Waals surface area contributed by atoms with E-state index < -0.39 is 6.10 Å². The quantitative estimate of drug-likeness (QED) is 0.642. The number of hydrogen-bond donors (Lipinski definition) is 1. The summed E-state index contributed by atoms with van der Waals surface area (Å²) in [5.41, 5.74) is 1.20. The summed E-state index contributed by atoms with van der Waals surface area (Å²) in [6, 6.07) is 15.3. The Hall–Kier alpha value is -2.69. The number of carbonyl (C=O) groups is 1. The van der Waals surface area contributed by atoms with E-state index in [9.17, 15) is 4.79 Å². The molecule has 0 bridgehead atoms. The molecule has 1 N–H and O–H groups in total.